The number of nitrogens with one attached hydrogen (secondary N) is 1. The van der Waals surface area contributed by atoms with Gasteiger partial charge >= 0.3 is 0 Å². The molecule has 2 rings (SSSR count). The Balaban J connectivity index is 1.99. The molecule has 5 heteroatoms. The van der Waals surface area contributed by atoms with Crippen molar-refractivity contribution < 1.29 is 8.78 Å². The summed E-state index contributed by atoms with van der Waals surface area (Å²) >= 11 is 1.39. The summed E-state index contributed by atoms with van der Waals surface area (Å²) in [7, 11) is 0. The van der Waals surface area contributed by atoms with E-state index in [1.54, 1.807) is 12.1 Å². The Morgan fingerprint density at radius 3 is 2.53 bits per heavy atom. The van der Waals surface area contributed by atoms with Crippen LogP contribution in [0.15, 0.2) is 46.2 Å². The molecule has 15 heavy (non-hydrogen) atoms. The molecule has 0 amide bonds. The first-order valence-corrected chi connectivity index (χ1v) is 5.19. The van der Waals surface area contributed by atoms with E-state index in [2.05, 4.69) is 10.3 Å². The lowest BCUT2D eigenvalue weighted by atomic mass is 10.4. The van der Waals surface area contributed by atoms with Crippen molar-refractivity contribution in [3.63, 3.8) is 0 Å². The molecule has 0 spiro atoms. The zero-order valence-electron chi connectivity index (χ0n) is 7.65. The first-order chi connectivity index (χ1) is 7.24. The molecule has 0 aliphatic carbocycles. The topological polar surface area (TPSA) is 24.4 Å². The smallest absolute Gasteiger partial charge is 0.170 e. The highest BCUT2D eigenvalue weighted by Crippen LogP contribution is 2.24. The van der Waals surface area contributed by atoms with Gasteiger partial charge in [0, 0.05) is 11.1 Å². The van der Waals surface area contributed by atoms with E-state index in [0.29, 0.717) is 0 Å². The first kappa shape index (κ1) is 10.2. The second kappa shape index (κ2) is 4.44. The quantitative estimate of drug-likeness (QED) is 0.838. The van der Waals surface area contributed by atoms with Gasteiger partial charge in [-0.3, -0.25) is 4.99 Å². The third kappa shape index (κ3) is 2.79. The lowest BCUT2D eigenvalue weighted by Crippen LogP contribution is -2.21. The van der Waals surface area contributed by atoms with Crippen LogP contribution >= 0.6 is 11.8 Å². The van der Waals surface area contributed by atoms with Gasteiger partial charge in [0.15, 0.2) is 11.3 Å². The van der Waals surface area contributed by atoms with Gasteiger partial charge in [-0.15, -0.1) is 0 Å². The molecule has 1 N–H and O–H groups in total. The monoisotopic (exact) mass is 226 g/mol. The van der Waals surface area contributed by atoms with Crippen molar-refractivity contribution in [3.05, 3.63) is 42.1 Å². The van der Waals surface area contributed by atoms with Crippen LogP contribution in [0, 0.1) is 5.82 Å². The number of allylic oxidation sites excluding steroid dienone is 1. The predicted molar refractivity (Wildman–Crippen MR) is 56.9 cm³/mol. The lowest BCUT2D eigenvalue weighted by Gasteiger charge is -2.14. The van der Waals surface area contributed by atoms with Crippen LogP contribution in [0.25, 0.3) is 0 Å². The largest absolute Gasteiger partial charge is 0.359 e. The second-order valence-electron chi connectivity index (χ2n) is 2.90. The number of benzene rings is 1. The van der Waals surface area contributed by atoms with Gasteiger partial charge < -0.3 is 5.32 Å². The summed E-state index contributed by atoms with van der Waals surface area (Å²) in [4.78, 5) is 4.79. The number of thioether (sulfide) groups is 1. The van der Waals surface area contributed by atoms with Crippen LogP contribution in [0.3, 0.4) is 0 Å². The van der Waals surface area contributed by atoms with Gasteiger partial charge in [0.1, 0.15) is 5.82 Å². The van der Waals surface area contributed by atoms with Gasteiger partial charge in [0.2, 0.25) is 0 Å². The second-order valence-corrected chi connectivity index (χ2v) is 4.05. The van der Waals surface area contributed by atoms with E-state index in [9.17, 15) is 8.78 Å². The Morgan fingerprint density at radius 1 is 1.20 bits per heavy atom. The number of rotatable bonds is 2. The summed E-state index contributed by atoms with van der Waals surface area (Å²) in [6.45, 7) is 0. The van der Waals surface area contributed by atoms with Crippen molar-refractivity contribution in [2.45, 2.75) is 10.4 Å². The molecule has 78 valence electrons. The SMILES string of the molecule is FC1=CNC(Sc2ccc(F)cc2)N=C1. The maximum absolute atomic E-state index is 12.6. The standard InChI is InChI=1S/C10H8F2N2S/c11-7-1-3-9(4-2-7)15-10-13-5-8(12)6-14-10/h1-6,10,13H. The van der Waals surface area contributed by atoms with Gasteiger partial charge in [0.25, 0.3) is 0 Å². The molecule has 1 aliphatic heterocycles. The number of halogens is 2. The van der Waals surface area contributed by atoms with Crippen LogP contribution in [-0.4, -0.2) is 11.7 Å². The average Bonchev–Trinajstić information content (AvgIpc) is 2.25. The number of nitrogens with zero attached hydrogens (tertiary/aromatic N) is 1. The lowest BCUT2D eigenvalue weighted by molar-refractivity contribution is 0.626. The molecule has 0 fully saturated rings. The molecule has 0 bridgehead atoms. The van der Waals surface area contributed by atoms with Crippen LogP contribution in [0.5, 0.6) is 0 Å². The Bertz CT molecular complexity index is 400. The summed E-state index contributed by atoms with van der Waals surface area (Å²) in [6.07, 6.45) is 2.42. The minimum absolute atomic E-state index is 0.255. The molecule has 2 nitrogen and oxygen atoms in total. The van der Waals surface area contributed by atoms with Gasteiger partial charge in [-0.25, -0.2) is 8.78 Å². The van der Waals surface area contributed by atoms with Crippen molar-refractivity contribution in [2.75, 3.05) is 0 Å². The van der Waals surface area contributed by atoms with E-state index >= 15 is 0 Å². The van der Waals surface area contributed by atoms with E-state index in [1.807, 2.05) is 0 Å². The highest BCUT2D eigenvalue weighted by atomic mass is 32.2. The maximum Gasteiger partial charge on any atom is 0.170 e. The minimum atomic E-state index is -0.397. The molecule has 1 aliphatic rings. The molecule has 1 aromatic rings. The zero-order chi connectivity index (χ0) is 10.7. The van der Waals surface area contributed by atoms with Gasteiger partial charge in [0.05, 0.1) is 6.21 Å². The fourth-order valence-corrected chi connectivity index (χ4v) is 1.89. The van der Waals surface area contributed by atoms with E-state index in [1.165, 1.54) is 30.1 Å². The molecule has 0 saturated heterocycles. The molecule has 0 saturated carbocycles. The molecule has 1 atom stereocenters. The van der Waals surface area contributed by atoms with Crippen molar-refractivity contribution in [1.29, 1.82) is 0 Å². The van der Waals surface area contributed by atoms with Crippen LogP contribution in [0.4, 0.5) is 8.78 Å². The minimum Gasteiger partial charge on any atom is -0.359 e. The van der Waals surface area contributed by atoms with E-state index < -0.39 is 5.83 Å². The Hall–Kier alpha value is -1.36. The van der Waals surface area contributed by atoms with Crippen molar-refractivity contribution in [3.8, 4) is 0 Å². The number of hydrogen-bond acceptors (Lipinski definition) is 3. The van der Waals surface area contributed by atoms with Gasteiger partial charge in [-0.1, -0.05) is 11.8 Å². The summed E-state index contributed by atoms with van der Waals surface area (Å²) in [5, 5.41) is 2.77. The van der Waals surface area contributed by atoms with Crippen LogP contribution in [-0.2, 0) is 0 Å². The normalized spacial score (nSPS) is 19.6. The van der Waals surface area contributed by atoms with E-state index in [4.69, 9.17) is 0 Å². The molecule has 0 aromatic heterocycles. The predicted octanol–water partition coefficient (Wildman–Crippen LogP) is 2.69. The van der Waals surface area contributed by atoms with Gasteiger partial charge in [-0.05, 0) is 24.3 Å². The van der Waals surface area contributed by atoms with Crippen LogP contribution in [0.1, 0.15) is 0 Å². The third-order valence-electron chi connectivity index (χ3n) is 1.76. The van der Waals surface area contributed by atoms with Crippen LogP contribution < -0.4 is 5.32 Å². The molecule has 1 heterocycles. The maximum atomic E-state index is 12.6. The number of aliphatic imine (C=N–C) groups is 1. The van der Waals surface area contributed by atoms with Gasteiger partial charge in [-0.2, -0.15) is 0 Å². The summed E-state index contributed by atoms with van der Waals surface area (Å²) < 4.78 is 25.1. The van der Waals surface area contributed by atoms with E-state index in [0.717, 1.165) is 11.1 Å². The first-order valence-electron chi connectivity index (χ1n) is 4.31. The molecule has 0 radical (unpaired) electrons. The Kier molecular flexibility index (Phi) is 3.01. The van der Waals surface area contributed by atoms with Crippen molar-refractivity contribution in [2.24, 2.45) is 4.99 Å². The summed E-state index contributed by atoms with van der Waals surface area (Å²) in [5.74, 6) is -0.670. The third-order valence-corrected chi connectivity index (χ3v) is 2.78. The molecule has 1 aromatic carbocycles. The molecular weight excluding hydrogens is 218 g/mol. The van der Waals surface area contributed by atoms with E-state index in [-0.39, 0.29) is 11.3 Å². The van der Waals surface area contributed by atoms with Crippen molar-refractivity contribution >= 4 is 18.0 Å². The highest BCUT2D eigenvalue weighted by Gasteiger charge is 2.09. The fourth-order valence-electron chi connectivity index (χ4n) is 1.08. The summed E-state index contributed by atoms with van der Waals surface area (Å²) in [5.41, 5.74) is -0.255. The molecule has 1 unspecified atom stereocenters. The zero-order valence-corrected chi connectivity index (χ0v) is 8.47. The molecular formula is C10H8F2N2S. The Labute approximate surface area is 90.1 Å². The number of hydrogen-bond donors (Lipinski definition) is 1. The van der Waals surface area contributed by atoms with Crippen LogP contribution in [0.2, 0.25) is 0 Å². The summed E-state index contributed by atoms with van der Waals surface area (Å²) in [6, 6.07) is 6.08. The Morgan fingerprint density at radius 2 is 1.93 bits per heavy atom. The average molecular weight is 226 g/mol. The van der Waals surface area contributed by atoms with Crippen molar-refractivity contribution in [1.82, 2.24) is 5.32 Å². The fraction of sp³-hybridized carbons (Fsp3) is 0.100. The highest BCUT2D eigenvalue weighted by molar-refractivity contribution is 7.99.